The molecule has 0 bridgehead atoms. The summed E-state index contributed by atoms with van der Waals surface area (Å²) < 4.78 is 5.16. The van der Waals surface area contributed by atoms with Gasteiger partial charge in [0.15, 0.2) is 0 Å². The van der Waals surface area contributed by atoms with Crippen molar-refractivity contribution in [1.82, 2.24) is 0 Å². The fraction of sp³-hybridized carbons (Fsp3) is 0. The zero-order valence-corrected chi connectivity index (χ0v) is 17.1. The standard InChI is InChI=1S/C25H20NPS/c28-21-26-27(22-13-5-1-6-14-22,23-15-7-2-8-16-23,24-17-9-3-10-18-24)25-19-11-4-12-20-25/h1-20H. The zero-order chi connectivity index (χ0) is 19.3. The molecule has 0 amide bonds. The predicted molar refractivity (Wildman–Crippen MR) is 126 cm³/mol. The van der Waals surface area contributed by atoms with Crippen LogP contribution >= 0.6 is 19.0 Å². The van der Waals surface area contributed by atoms with Crippen molar-refractivity contribution in [2.75, 3.05) is 0 Å². The molecule has 0 heterocycles. The van der Waals surface area contributed by atoms with Crippen molar-refractivity contribution in [1.29, 1.82) is 0 Å². The molecule has 0 atom stereocenters. The van der Waals surface area contributed by atoms with E-state index in [4.69, 9.17) is 17.0 Å². The predicted octanol–water partition coefficient (Wildman–Crippen LogP) is 4.86. The van der Waals surface area contributed by atoms with Crippen LogP contribution in [0.4, 0.5) is 0 Å². The Bertz CT molecular complexity index is 937. The molecule has 0 saturated heterocycles. The molecular formula is C25H20NPS. The monoisotopic (exact) mass is 397 g/mol. The number of benzene rings is 4. The third kappa shape index (κ3) is 2.58. The maximum absolute atomic E-state index is 5.29. The van der Waals surface area contributed by atoms with Crippen LogP contribution in [0.1, 0.15) is 0 Å². The first kappa shape index (κ1) is 18.5. The van der Waals surface area contributed by atoms with Gasteiger partial charge in [-0.25, -0.2) is 0 Å². The molecule has 1 nitrogen and oxygen atoms in total. The first-order chi connectivity index (χ1) is 13.8. The van der Waals surface area contributed by atoms with Gasteiger partial charge in [0, 0.05) is 0 Å². The molecule has 0 spiro atoms. The van der Waals surface area contributed by atoms with Crippen LogP contribution in [0, 0.1) is 0 Å². The molecule has 136 valence electrons. The van der Waals surface area contributed by atoms with E-state index < -0.39 is 6.75 Å². The van der Waals surface area contributed by atoms with Crippen molar-refractivity contribution in [2.45, 2.75) is 0 Å². The molecule has 0 radical (unpaired) electrons. The summed E-state index contributed by atoms with van der Waals surface area (Å²) in [5.41, 5.74) is 0. The van der Waals surface area contributed by atoms with Crippen LogP contribution in [0.2, 0.25) is 0 Å². The molecule has 0 aliphatic heterocycles. The number of rotatable bonds is 5. The van der Waals surface area contributed by atoms with Gasteiger partial charge in [-0.2, -0.15) is 0 Å². The topological polar surface area (TPSA) is 12.4 Å². The number of isothiocyanates is 1. The molecule has 0 saturated carbocycles. The van der Waals surface area contributed by atoms with Gasteiger partial charge < -0.3 is 0 Å². The van der Waals surface area contributed by atoms with E-state index >= 15 is 0 Å². The molecule has 0 N–H and O–H groups in total. The molecule has 4 aromatic rings. The molecule has 28 heavy (non-hydrogen) atoms. The molecule has 4 aromatic carbocycles. The van der Waals surface area contributed by atoms with Crippen LogP contribution in [-0.2, 0) is 0 Å². The fourth-order valence-corrected chi connectivity index (χ4v) is 9.99. The summed E-state index contributed by atoms with van der Waals surface area (Å²) in [5.74, 6) is 0. The van der Waals surface area contributed by atoms with Crippen molar-refractivity contribution in [2.24, 2.45) is 4.76 Å². The fourth-order valence-electron chi connectivity index (χ4n) is 4.08. The second-order valence-corrected chi connectivity index (χ2v) is 11.2. The Balaban J connectivity index is 2.34. The minimum atomic E-state index is -3.46. The third-order valence-electron chi connectivity index (χ3n) is 5.28. The van der Waals surface area contributed by atoms with Crippen molar-refractivity contribution in [3.05, 3.63) is 121 Å². The molecule has 0 aliphatic carbocycles. The first-order valence-electron chi connectivity index (χ1n) is 9.16. The summed E-state index contributed by atoms with van der Waals surface area (Å²) in [7, 11) is 0. The Hall–Kier alpha value is -2.89. The van der Waals surface area contributed by atoms with Crippen molar-refractivity contribution in [3.8, 4) is 0 Å². The second kappa shape index (κ2) is 7.62. The maximum atomic E-state index is 5.29. The Morgan fingerprint density at radius 1 is 0.464 bits per heavy atom. The quantitative estimate of drug-likeness (QED) is 0.266. The first-order valence-corrected chi connectivity index (χ1v) is 11.8. The number of hydrogen-bond acceptors (Lipinski definition) is 2. The zero-order valence-electron chi connectivity index (χ0n) is 15.3. The van der Waals surface area contributed by atoms with E-state index in [1.54, 1.807) is 0 Å². The average Bonchev–Trinajstić information content (AvgIpc) is 2.80. The SMILES string of the molecule is S=C=NP(c1ccccc1)(c1ccccc1)(c1ccccc1)c1ccccc1. The van der Waals surface area contributed by atoms with Crippen molar-refractivity contribution >= 4 is 45.4 Å². The summed E-state index contributed by atoms with van der Waals surface area (Å²) >= 11 is 5.29. The summed E-state index contributed by atoms with van der Waals surface area (Å²) in [6.45, 7) is -3.46. The van der Waals surface area contributed by atoms with Gasteiger partial charge in [0.1, 0.15) is 0 Å². The molecule has 0 aliphatic rings. The van der Waals surface area contributed by atoms with E-state index in [-0.39, 0.29) is 0 Å². The Morgan fingerprint density at radius 3 is 0.929 bits per heavy atom. The number of hydrogen-bond donors (Lipinski definition) is 0. The number of thiocarbonyl (C=S) groups is 1. The van der Waals surface area contributed by atoms with Crippen LogP contribution in [0.3, 0.4) is 0 Å². The van der Waals surface area contributed by atoms with Gasteiger partial charge in [-0.05, 0) is 0 Å². The van der Waals surface area contributed by atoms with E-state index in [1.165, 1.54) is 0 Å². The van der Waals surface area contributed by atoms with Crippen LogP contribution in [0.15, 0.2) is 126 Å². The van der Waals surface area contributed by atoms with Crippen LogP contribution in [0.25, 0.3) is 0 Å². The van der Waals surface area contributed by atoms with Crippen LogP contribution < -0.4 is 21.2 Å². The summed E-state index contributed by atoms with van der Waals surface area (Å²) in [4.78, 5) is 0. The van der Waals surface area contributed by atoms with Gasteiger partial charge in [-0.3, -0.25) is 0 Å². The van der Waals surface area contributed by atoms with Crippen molar-refractivity contribution < 1.29 is 0 Å². The average molecular weight is 397 g/mol. The van der Waals surface area contributed by atoms with Gasteiger partial charge >= 0.3 is 171 Å². The number of nitrogens with zero attached hydrogens (tertiary/aromatic N) is 1. The van der Waals surface area contributed by atoms with Gasteiger partial charge in [-0.15, -0.1) is 0 Å². The summed E-state index contributed by atoms with van der Waals surface area (Å²) in [6.07, 6.45) is 0. The summed E-state index contributed by atoms with van der Waals surface area (Å²) in [5, 5.41) is 7.40. The van der Waals surface area contributed by atoms with Crippen LogP contribution in [-0.4, -0.2) is 5.16 Å². The Morgan fingerprint density at radius 2 is 0.714 bits per heavy atom. The van der Waals surface area contributed by atoms with E-state index in [0.29, 0.717) is 0 Å². The molecule has 3 heteroatoms. The van der Waals surface area contributed by atoms with Crippen LogP contribution in [0.5, 0.6) is 0 Å². The normalized spacial score (nSPS) is 12.4. The Labute approximate surface area is 171 Å². The minimum absolute atomic E-state index is 1.15. The van der Waals surface area contributed by atoms with E-state index in [0.717, 1.165) is 21.2 Å². The van der Waals surface area contributed by atoms with E-state index in [2.05, 4.69) is 102 Å². The van der Waals surface area contributed by atoms with Crippen molar-refractivity contribution in [3.63, 3.8) is 0 Å². The van der Waals surface area contributed by atoms with E-state index in [1.807, 2.05) is 24.3 Å². The molecule has 0 fully saturated rings. The molecular weight excluding hydrogens is 377 g/mol. The van der Waals surface area contributed by atoms with Gasteiger partial charge in [0.25, 0.3) is 0 Å². The summed E-state index contributed by atoms with van der Waals surface area (Å²) in [6, 6.07) is 42.1. The third-order valence-corrected chi connectivity index (χ3v) is 11.2. The van der Waals surface area contributed by atoms with Gasteiger partial charge in [0.2, 0.25) is 0 Å². The molecule has 0 aromatic heterocycles. The van der Waals surface area contributed by atoms with Gasteiger partial charge in [-0.1, -0.05) is 0 Å². The molecule has 0 unspecified atom stereocenters. The van der Waals surface area contributed by atoms with E-state index in [9.17, 15) is 0 Å². The Kier molecular flexibility index (Phi) is 5.03. The second-order valence-electron chi connectivity index (χ2n) is 6.60. The van der Waals surface area contributed by atoms with Gasteiger partial charge in [0.05, 0.1) is 0 Å². The molecule has 4 rings (SSSR count).